The predicted molar refractivity (Wildman–Crippen MR) is 319 cm³/mol. The van der Waals surface area contributed by atoms with Crippen molar-refractivity contribution in [3.63, 3.8) is 0 Å². The largest absolute Gasteiger partial charge is 0.459 e. The Bertz CT molecular complexity index is 3460. The number of aliphatic hydroxyl groups excluding tert-OH is 2. The molecule has 2 saturated heterocycles. The molecule has 4 heterocycles. The number of ether oxygens (including phenoxy) is 3. The van der Waals surface area contributed by atoms with Crippen LogP contribution in [0, 0.1) is 22.0 Å². The Morgan fingerprint density at radius 2 is 1.69 bits per heavy atom. The molecule has 5 amide bonds. The number of nitro groups is 1. The van der Waals surface area contributed by atoms with E-state index in [1.54, 1.807) is 75.4 Å². The smallest absolute Gasteiger partial charge is 0.409 e. The van der Waals surface area contributed by atoms with Crippen molar-refractivity contribution in [1.29, 1.82) is 0 Å². The average Bonchev–Trinajstić information content (AvgIpc) is 1.59. The third-order valence-corrected chi connectivity index (χ3v) is 17.3. The molecule has 8 atom stereocenters. The number of imide groups is 1. The minimum absolute atomic E-state index is 0.00470. The molecule has 4 bridgehead atoms. The molecule has 0 spiro atoms. The zero-order chi connectivity index (χ0) is 64.4. The number of benzene rings is 3. The normalized spacial score (nSPS) is 24.5. The molecule has 0 aliphatic carbocycles. The summed E-state index contributed by atoms with van der Waals surface area (Å²) in [5.74, 6) is -7.23. The van der Waals surface area contributed by atoms with Crippen LogP contribution in [0.25, 0.3) is 0 Å². The molecule has 472 valence electrons. The number of carbonyl (C=O) groups is 8. The van der Waals surface area contributed by atoms with Crippen LogP contribution in [0.1, 0.15) is 111 Å². The highest BCUT2D eigenvalue weighted by Gasteiger charge is 2.64. The number of anilines is 1. The van der Waals surface area contributed by atoms with Crippen molar-refractivity contribution >= 4 is 86.1 Å². The lowest BCUT2D eigenvalue weighted by Crippen LogP contribution is -2.62. The summed E-state index contributed by atoms with van der Waals surface area (Å²) < 4.78 is 51.3. The number of carbonyl (C=O) groups excluding carboxylic acids is 8. The summed E-state index contributed by atoms with van der Waals surface area (Å²) in [6.07, 6.45) is 3.58. The first-order chi connectivity index (χ1) is 41.5. The number of esters is 1. The fourth-order valence-electron chi connectivity index (χ4n) is 10.9. The summed E-state index contributed by atoms with van der Waals surface area (Å²) in [5, 5.41) is 49.6. The quantitative estimate of drug-likeness (QED) is 0.00842. The van der Waals surface area contributed by atoms with Gasteiger partial charge in [-0.1, -0.05) is 85.1 Å². The van der Waals surface area contributed by atoms with Gasteiger partial charge in [0.05, 0.1) is 46.9 Å². The monoisotopic (exact) mass is 1260 g/mol. The Balaban J connectivity index is 0.983. The van der Waals surface area contributed by atoms with Crippen LogP contribution in [0.2, 0.25) is 5.02 Å². The van der Waals surface area contributed by atoms with Gasteiger partial charge in [0.15, 0.2) is 17.3 Å². The van der Waals surface area contributed by atoms with E-state index < -0.39 is 147 Å². The number of nitro benzene ring substituents is 1. The Morgan fingerprint density at radius 1 is 1.00 bits per heavy atom. The second-order valence-electron chi connectivity index (χ2n) is 22.6. The number of epoxide rings is 1. The van der Waals surface area contributed by atoms with E-state index in [0.717, 1.165) is 34.8 Å². The van der Waals surface area contributed by atoms with Crippen molar-refractivity contribution in [2.75, 3.05) is 37.4 Å². The van der Waals surface area contributed by atoms with E-state index in [4.69, 9.17) is 25.8 Å². The van der Waals surface area contributed by atoms with Crippen LogP contribution in [0.4, 0.5) is 16.2 Å². The predicted octanol–water partition coefficient (Wildman–Crippen LogP) is 4.95. The van der Waals surface area contributed by atoms with E-state index in [2.05, 4.69) is 15.6 Å². The number of fused-ring (bicyclic) bond motifs is 5. The number of Topliss-reactive ketones (excluding diaryl/α,β-unsaturated/α-hetero) is 2. The maximum absolute atomic E-state index is 14.3. The van der Waals surface area contributed by atoms with Crippen LogP contribution < -0.4 is 15.5 Å². The van der Waals surface area contributed by atoms with E-state index >= 15 is 0 Å². The maximum atomic E-state index is 14.3. The Kier molecular flexibility index (Phi) is 22.3. The highest BCUT2D eigenvalue weighted by atomic mass is 35.5. The van der Waals surface area contributed by atoms with Gasteiger partial charge in [-0.15, -0.1) is 0 Å². The molecule has 0 aromatic heterocycles. The van der Waals surface area contributed by atoms with E-state index in [1.807, 2.05) is 6.92 Å². The van der Waals surface area contributed by atoms with Gasteiger partial charge in [-0.05, 0) is 86.4 Å². The number of alkyl carbamates (subject to hydrolysis) is 1. The third-order valence-electron chi connectivity index (χ3n) is 16.1. The van der Waals surface area contributed by atoms with Crippen LogP contribution in [-0.2, 0) is 79.0 Å². The first kappa shape index (κ1) is 67.7. The summed E-state index contributed by atoms with van der Waals surface area (Å²) in [5.41, 5.74) is -0.379. The van der Waals surface area contributed by atoms with Crippen LogP contribution in [0.15, 0.2) is 95.5 Å². The van der Waals surface area contributed by atoms with E-state index in [1.165, 1.54) is 18.0 Å². The SMILES string of the molecule is CC(=NCC(=O)c1ccc(CC(=O)[C@H](CS(=O)(=O)O)NC(=O)CCCCCN2C(=O)C=CC2=O)cc1[N+](=O)[O-])c1ccc(CCC(=O)O[C@H]2CC(=O)N(C)c3cc(cc(CO)c3Cl)C/C(C)=C/C=C/[C@@H](CO)[C@@]3(O)C[C@H](OC(=O)N3)[C@@H](C)[C@@H]3O[C@@]23C)cc1. The van der Waals surface area contributed by atoms with Gasteiger partial charge in [0.2, 0.25) is 11.8 Å². The number of aliphatic hydroxyl groups is 3. The molecular formula is C61H71ClN6O19S. The van der Waals surface area contributed by atoms with Crippen LogP contribution in [-0.4, -0.2) is 159 Å². The number of allylic oxidation sites excluding steroid dienone is 3. The standard InChI is InChI=1S/C61H71ClN6O19S/c1-35-10-9-11-43(33-70)61(79)30-50(85-59(78)65-61)36(2)58-60(4,87-58)51(29-55(76)66(5)47-27-40(24-35)25-42(32-69)57(47)62)86-56(77)22-16-38-13-17-41(18-14-38)37(3)63-31-49(72)44-19-15-39(26-46(44)68(80)81)28-48(71)45(34-88(82,83)84)64-52(73)12-7-6-8-23-67-53(74)20-21-54(67)75/h9-11,13-15,17-21,25-27,36,43,45,50-51,58,69-70,79H,6-8,12,16,22-24,28-34H2,1-5H3,(H,64,73)(H,65,78)(H,82,83,84)/b11-9+,35-10+,63-37?/t36-,43+,45+,50+,51+,58+,60+,61+/m1/s1. The number of unbranched alkanes of at least 4 members (excludes halogenated alkanes) is 2. The van der Waals surface area contributed by atoms with E-state index in [0.29, 0.717) is 52.9 Å². The fraction of sp³-hybridized carbons (Fsp3) is 0.459. The van der Waals surface area contributed by atoms with Crippen molar-refractivity contribution in [3.05, 3.63) is 139 Å². The number of hydrogen-bond donors (Lipinski definition) is 6. The van der Waals surface area contributed by atoms with Gasteiger partial charge in [0.1, 0.15) is 36.1 Å². The first-order valence-electron chi connectivity index (χ1n) is 28.5. The molecule has 2 fully saturated rings. The second-order valence-corrected chi connectivity index (χ2v) is 24.5. The molecule has 7 rings (SSSR count). The highest BCUT2D eigenvalue weighted by Crippen LogP contribution is 2.49. The molecule has 4 aliphatic rings. The summed E-state index contributed by atoms with van der Waals surface area (Å²) in [6.45, 7) is 5.52. The topological polar surface area (TPSA) is 369 Å². The zero-order valence-corrected chi connectivity index (χ0v) is 50.7. The molecule has 27 heteroatoms. The molecule has 0 unspecified atom stereocenters. The number of aliphatic imine (C=N–C) groups is 1. The minimum atomic E-state index is -4.81. The molecule has 6 N–H and O–H groups in total. The Hall–Kier alpha value is -7.85. The number of halogens is 1. The molecule has 25 nitrogen and oxygen atoms in total. The summed E-state index contributed by atoms with van der Waals surface area (Å²) in [7, 11) is -3.29. The van der Waals surface area contributed by atoms with Crippen LogP contribution in [0.3, 0.4) is 0 Å². The van der Waals surface area contributed by atoms with Crippen LogP contribution in [0.5, 0.6) is 0 Å². The van der Waals surface area contributed by atoms with E-state index in [-0.39, 0.29) is 61.2 Å². The number of rotatable bonds is 23. The van der Waals surface area contributed by atoms with E-state index in [9.17, 15) is 76.8 Å². The molecular weight excluding hydrogens is 1190 g/mol. The maximum Gasteiger partial charge on any atom is 0.409 e. The Labute approximate surface area is 512 Å². The van der Waals surface area contributed by atoms with Crippen molar-refractivity contribution < 1.29 is 85.8 Å². The molecule has 4 aliphatic heterocycles. The van der Waals surface area contributed by atoms with Gasteiger partial charge in [0.25, 0.3) is 27.6 Å². The van der Waals surface area contributed by atoms with Crippen molar-refractivity contribution in [1.82, 2.24) is 15.5 Å². The molecule has 3 aromatic rings. The molecule has 0 saturated carbocycles. The first-order valence-corrected chi connectivity index (χ1v) is 30.4. The van der Waals surface area contributed by atoms with Crippen molar-refractivity contribution in [2.24, 2.45) is 16.8 Å². The lowest BCUT2D eigenvalue weighted by molar-refractivity contribution is -0.385. The number of aryl methyl sites for hydroxylation is 1. The van der Waals surface area contributed by atoms with Gasteiger partial charge in [-0.2, -0.15) is 8.42 Å². The van der Waals surface area contributed by atoms with Gasteiger partial charge in [-0.3, -0.25) is 63.4 Å². The zero-order valence-electron chi connectivity index (χ0n) is 49.1. The van der Waals surface area contributed by atoms with Gasteiger partial charge in [0, 0.05) is 75.0 Å². The lowest BCUT2D eigenvalue weighted by Gasteiger charge is -2.42. The lowest BCUT2D eigenvalue weighted by atomic mass is 9.81. The highest BCUT2D eigenvalue weighted by molar-refractivity contribution is 7.85. The Morgan fingerprint density at radius 3 is 2.35 bits per heavy atom. The summed E-state index contributed by atoms with van der Waals surface area (Å²) in [4.78, 5) is 122. The molecule has 0 radical (unpaired) electrons. The third kappa shape index (κ3) is 17.3. The molecule has 88 heavy (non-hydrogen) atoms. The number of ketones is 2. The number of nitrogens with zero attached hydrogens (tertiary/aromatic N) is 4. The van der Waals surface area contributed by atoms with Gasteiger partial charge >= 0.3 is 12.1 Å². The van der Waals surface area contributed by atoms with Gasteiger partial charge in [-0.25, -0.2) is 4.79 Å². The number of hydrogen-bond acceptors (Lipinski definition) is 19. The average molecular weight is 1260 g/mol. The van der Waals surface area contributed by atoms with Crippen molar-refractivity contribution in [3.8, 4) is 0 Å². The van der Waals surface area contributed by atoms with Crippen LogP contribution >= 0.6 is 11.6 Å². The van der Waals surface area contributed by atoms with Crippen molar-refractivity contribution in [2.45, 2.75) is 134 Å². The number of nitrogens with one attached hydrogen (secondary N) is 2. The minimum Gasteiger partial charge on any atom is -0.459 e. The number of amides is 5. The summed E-state index contributed by atoms with van der Waals surface area (Å²) in [6, 6.07) is 11.9. The van der Waals surface area contributed by atoms with Gasteiger partial charge < -0.3 is 39.7 Å². The summed E-state index contributed by atoms with van der Waals surface area (Å²) >= 11 is 6.78. The fourth-order valence-corrected chi connectivity index (χ4v) is 11.9. The second kappa shape index (κ2) is 29.0. The molecule has 3 aromatic carbocycles.